The van der Waals surface area contributed by atoms with Crippen molar-refractivity contribution in [3.05, 3.63) is 46.2 Å². The first kappa shape index (κ1) is 13.1. The van der Waals surface area contributed by atoms with Crippen molar-refractivity contribution >= 4 is 40.9 Å². The average Bonchev–Trinajstić information content (AvgIpc) is 2.34. The Labute approximate surface area is 117 Å². The van der Waals surface area contributed by atoms with E-state index in [4.69, 9.17) is 28.3 Å². The van der Waals surface area contributed by atoms with Crippen molar-refractivity contribution in [1.29, 1.82) is 0 Å². The number of nitrogens with zero attached hydrogens (tertiary/aromatic N) is 2. The Hall–Kier alpha value is -1.30. The molecule has 1 heterocycles. The summed E-state index contributed by atoms with van der Waals surface area (Å²) in [6.07, 6.45) is 0. The molecule has 7 heteroatoms. The molecule has 2 rings (SSSR count). The van der Waals surface area contributed by atoms with Gasteiger partial charge >= 0.3 is 5.97 Å². The van der Waals surface area contributed by atoms with Crippen LogP contribution in [0.25, 0.3) is 0 Å². The van der Waals surface area contributed by atoms with Crippen LogP contribution in [0.1, 0.15) is 10.4 Å². The Morgan fingerprint density at radius 2 is 1.83 bits per heavy atom. The molecule has 0 aliphatic heterocycles. The van der Waals surface area contributed by atoms with Gasteiger partial charge in [0, 0.05) is 4.90 Å². The minimum Gasteiger partial charge on any atom is -0.478 e. The lowest BCUT2D eigenvalue weighted by Crippen LogP contribution is -1.94. The molecule has 1 aromatic heterocycles. The quantitative estimate of drug-likeness (QED) is 0.937. The fourth-order valence-electron chi connectivity index (χ4n) is 1.20. The molecule has 0 radical (unpaired) electrons. The Morgan fingerprint density at radius 3 is 2.44 bits per heavy atom. The minimum absolute atomic E-state index is 0.233. The van der Waals surface area contributed by atoms with Gasteiger partial charge in [-0.05, 0) is 30.3 Å². The van der Waals surface area contributed by atoms with Gasteiger partial charge < -0.3 is 5.11 Å². The zero-order valence-corrected chi connectivity index (χ0v) is 11.1. The topological polar surface area (TPSA) is 63.1 Å². The maximum Gasteiger partial charge on any atom is 0.335 e. The molecule has 0 aliphatic rings. The molecule has 0 unspecified atom stereocenters. The van der Waals surface area contributed by atoms with Crippen LogP contribution < -0.4 is 0 Å². The number of aromatic nitrogens is 2. The van der Waals surface area contributed by atoms with Gasteiger partial charge in [-0.1, -0.05) is 35.0 Å². The molecular formula is C11H6Cl2N2O2S. The Balaban J connectivity index is 2.23. The molecule has 1 N–H and O–H groups in total. The highest BCUT2D eigenvalue weighted by atomic mass is 35.5. The minimum atomic E-state index is -0.960. The van der Waals surface area contributed by atoms with Crippen LogP contribution in [-0.2, 0) is 0 Å². The normalized spacial score (nSPS) is 10.3. The number of carbonyl (C=O) groups is 1. The summed E-state index contributed by atoms with van der Waals surface area (Å²) in [5.41, 5.74) is 0.233. The van der Waals surface area contributed by atoms with Gasteiger partial charge in [-0.3, -0.25) is 0 Å². The summed E-state index contributed by atoms with van der Waals surface area (Å²) in [6, 6.07) is 8.04. The van der Waals surface area contributed by atoms with Gasteiger partial charge in [-0.25, -0.2) is 4.79 Å². The van der Waals surface area contributed by atoms with Gasteiger partial charge in [0.15, 0.2) is 10.3 Å². The number of hydrogen-bond donors (Lipinski definition) is 1. The standard InChI is InChI=1S/C11H6Cl2N2O2S/c12-9-5-8(10(13)15-14-9)18-7-3-1-6(2-4-7)11(16)17/h1-5H,(H,16,17). The maximum atomic E-state index is 10.7. The lowest BCUT2D eigenvalue weighted by atomic mass is 10.2. The van der Waals surface area contributed by atoms with Crippen molar-refractivity contribution in [3.8, 4) is 0 Å². The molecule has 2 aromatic rings. The van der Waals surface area contributed by atoms with E-state index in [1.54, 1.807) is 18.2 Å². The number of halogens is 2. The first-order valence-electron chi connectivity index (χ1n) is 4.76. The molecule has 0 saturated carbocycles. The SMILES string of the molecule is O=C(O)c1ccc(Sc2cc(Cl)nnc2Cl)cc1. The van der Waals surface area contributed by atoms with Crippen molar-refractivity contribution in [2.45, 2.75) is 9.79 Å². The number of hydrogen-bond acceptors (Lipinski definition) is 4. The first-order chi connectivity index (χ1) is 8.56. The third kappa shape index (κ3) is 3.13. The smallest absolute Gasteiger partial charge is 0.335 e. The molecule has 1 aromatic carbocycles. The monoisotopic (exact) mass is 300 g/mol. The van der Waals surface area contributed by atoms with Crippen LogP contribution in [0, 0.1) is 0 Å². The van der Waals surface area contributed by atoms with Crippen LogP contribution in [-0.4, -0.2) is 21.3 Å². The highest BCUT2D eigenvalue weighted by molar-refractivity contribution is 7.99. The van der Waals surface area contributed by atoms with E-state index in [-0.39, 0.29) is 15.9 Å². The predicted octanol–water partition coefficient (Wildman–Crippen LogP) is 3.63. The van der Waals surface area contributed by atoms with E-state index in [0.717, 1.165) is 4.90 Å². The van der Waals surface area contributed by atoms with E-state index in [2.05, 4.69) is 10.2 Å². The number of benzene rings is 1. The van der Waals surface area contributed by atoms with Crippen molar-refractivity contribution in [1.82, 2.24) is 10.2 Å². The number of carboxylic acids is 1. The van der Waals surface area contributed by atoms with Crippen molar-refractivity contribution < 1.29 is 9.90 Å². The molecule has 18 heavy (non-hydrogen) atoms. The van der Waals surface area contributed by atoms with Crippen LogP contribution in [0.4, 0.5) is 0 Å². The van der Waals surface area contributed by atoms with Gasteiger partial charge in [0.1, 0.15) is 0 Å². The third-order valence-corrected chi connectivity index (χ3v) is 3.63. The Bertz CT molecular complexity index is 590. The van der Waals surface area contributed by atoms with Crippen LogP contribution in [0.3, 0.4) is 0 Å². The number of aromatic carboxylic acids is 1. The average molecular weight is 301 g/mol. The second-order valence-corrected chi connectivity index (χ2v) is 5.11. The van der Waals surface area contributed by atoms with Crippen molar-refractivity contribution in [2.75, 3.05) is 0 Å². The van der Waals surface area contributed by atoms with Crippen LogP contribution in [0.5, 0.6) is 0 Å². The molecule has 0 aliphatic carbocycles. The van der Waals surface area contributed by atoms with E-state index < -0.39 is 5.97 Å². The Kier molecular flexibility index (Phi) is 4.06. The van der Waals surface area contributed by atoms with Crippen molar-refractivity contribution in [2.24, 2.45) is 0 Å². The fraction of sp³-hybridized carbons (Fsp3) is 0. The summed E-state index contributed by atoms with van der Waals surface area (Å²) in [7, 11) is 0. The van der Waals surface area contributed by atoms with Gasteiger partial charge in [-0.2, -0.15) is 0 Å². The summed E-state index contributed by atoms with van der Waals surface area (Å²) in [4.78, 5) is 12.2. The zero-order chi connectivity index (χ0) is 13.1. The highest BCUT2D eigenvalue weighted by Gasteiger charge is 2.07. The summed E-state index contributed by atoms with van der Waals surface area (Å²) in [6.45, 7) is 0. The van der Waals surface area contributed by atoms with E-state index in [0.29, 0.717) is 4.90 Å². The molecule has 0 amide bonds. The van der Waals surface area contributed by atoms with Gasteiger partial charge in [0.25, 0.3) is 0 Å². The van der Waals surface area contributed by atoms with Crippen LogP contribution in [0.2, 0.25) is 10.3 Å². The summed E-state index contributed by atoms with van der Waals surface area (Å²) >= 11 is 12.9. The molecule has 0 fully saturated rings. The molecule has 92 valence electrons. The molecule has 0 atom stereocenters. The van der Waals surface area contributed by atoms with Crippen molar-refractivity contribution in [3.63, 3.8) is 0 Å². The molecule has 0 saturated heterocycles. The molecular weight excluding hydrogens is 295 g/mol. The van der Waals surface area contributed by atoms with E-state index >= 15 is 0 Å². The summed E-state index contributed by atoms with van der Waals surface area (Å²) in [5.74, 6) is -0.960. The summed E-state index contributed by atoms with van der Waals surface area (Å²) in [5, 5.41) is 16.6. The molecule has 0 bridgehead atoms. The fourth-order valence-corrected chi connectivity index (χ4v) is 2.44. The van der Waals surface area contributed by atoms with Gasteiger partial charge in [0.05, 0.1) is 10.5 Å². The van der Waals surface area contributed by atoms with Crippen LogP contribution in [0.15, 0.2) is 40.1 Å². The zero-order valence-electron chi connectivity index (χ0n) is 8.80. The first-order valence-corrected chi connectivity index (χ1v) is 6.33. The second kappa shape index (κ2) is 5.56. The summed E-state index contributed by atoms with van der Waals surface area (Å²) < 4.78 is 0. The lowest BCUT2D eigenvalue weighted by Gasteiger charge is -2.03. The van der Waals surface area contributed by atoms with Gasteiger partial charge in [0.2, 0.25) is 0 Å². The molecule has 4 nitrogen and oxygen atoms in total. The number of carboxylic acid groups (broad SMARTS) is 1. The van der Waals surface area contributed by atoms with E-state index in [1.165, 1.54) is 23.9 Å². The largest absolute Gasteiger partial charge is 0.478 e. The number of rotatable bonds is 3. The van der Waals surface area contributed by atoms with Gasteiger partial charge in [-0.15, -0.1) is 10.2 Å². The molecule has 0 spiro atoms. The third-order valence-electron chi connectivity index (χ3n) is 2.02. The lowest BCUT2D eigenvalue weighted by molar-refractivity contribution is 0.0697. The van der Waals surface area contributed by atoms with E-state index in [9.17, 15) is 4.79 Å². The van der Waals surface area contributed by atoms with E-state index in [1.807, 2.05) is 0 Å². The van der Waals surface area contributed by atoms with Crippen LogP contribution >= 0.6 is 35.0 Å². The Morgan fingerprint density at radius 1 is 1.17 bits per heavy atom. The predicted molar refractivity (Wildman–Crippen MR) is 69.6 cm³/mol. The highest BCUT2D eigenvalue weighted by Crippen LogP contribution is 2.32. The maximum absolute atomic E-state index is 10.7. The second-order valence-electron chi connectivity index (χ2n) is 3.25.